The van der Waals surface area contributed by atoms with Gasteiger partial charge in [-0.05, 0) is 30.2 Å². The van der Waals surface area contributed by atoms with Gasteiger partial charge in [0.15, 0.2) is 0 Å². The molecule has 0 spiro atoms. The fourth-order valence-corrected chi connectivity index (χ4v) is 1.83. The lowest BCUT2D eigenvalue weighted by atomic mass is 10.0. The summed E-state index contributed by atoms with van der Waals surface area (Å²) >= 11 is 4.21. The van der Waals surface area contributed by atoms with E-state index >= 15 is 0 Å². The Kier molecular flexibility index (Phi) is 5.93. The Hall–Kier alpha value is -1.03. The van der Waals surface area contributed by atoms with Crippen LogP contribution in [0, 0.1) is 5.92 Å². The number of rotatable bonds is 6. The first-order chi connectivity index (χ1) is 7.77. The Labute approximate surface area is 102 Å². The number of carbonyl (C=O) groups is 1. The van der Waals surface area contributed by atoms with Crippen LogP contribution in [0.3, 0.4) is 0 Å². The summed E-state index contributed by atoms with van der Waals surface area (Å²) < 4.78 is 0. The monoisotopic (exact) mass is 238 g/mol. The van der Waals surface area contributed by atoms with Gasteiger partial charge in [-0.3, -0.25) is 9.78 Å². The summed E-state index contributed by atoms with van der Waals surface area (Å²) in [5.41, 5.74) is 0.614. The average molecular weight is 238 g/mol. The second-order valence-corrected chi connectivity index (χ2v) is 4.19. The highest BCUT2D eigenvalue weighted by molar-refractivity contribution is 7.80. The third-order valence-corrected chi connectivity index (χ3v) is 2.85. The van der Waals surface area contributed by atoms with Gasteiger partial charge < -0.3 is 5.32 Å². The molecule has 0 aliphatic carbocycles. The maximum Gasteiger partial charge on any atom is 0.252 e. The number of nitrogens with one attached hydrogen (secondary N) is 1. The molecule has 0 aliphatic rings. The number of hydrogen-bond donors (Lipinski definition) is 2. The molecule has 4 heteroatoms. The summed E-state index contributed by atoms with van der Waals surface area (Å²) in [6.45, 7) is 2.84. The second-order valence-electron chi connectivity index (χ2n) is 3.74. The number of aromatic nitrogens is 1. The summed E-state index contributed by atoms with van der Waals surface area (Å²) in [4.78, 5) is 15.6. The van der Waals surface area contributed by atoms with Gasteiger partial charge in [0.05, 0.1) is 5.56 Å². The molecule has 0 saturated heterocycles. The Morgan fingerprint density at radius 2 is 2.44 bits per heavy atom. The van der Waals surface area contributed by atoms with Gasteiger partial charge in [0.2, 0.25) is 0 Å². The molecule has 0 saturated carbocycles. The molecule has 1 N–H and O–H groups in total. The first-order valence-electron chi connectivity index (χ1n) is 5.57. The smallest absolute Gasteiger partial charge is 0.252 e. The summed E-state index contributed by atoms with van der Waals surface area (Å²) in [5.74, 6) is 1.32. The Bertz CT molecular complexity index is 316. The van der Waals surface area contributed by atoms with Crippen LogP contribution < -0.4 is 5.32 Å². The van der Waals surface area contributed by atoms with Gasteiger partial charge in [0, 0.05) is 18.9 Å². The van der Waals surface area contributed by atoms with Crippen LogP contribution in [0.1, 0.15) is 30.1 Å². The van der Waals surface area contributed by atoms with E-state index in [0.29, 0.717) is 18.0 Å². The second kappa shape index (κ2) is 7.28. The average Bonchev–Trinajstić information content (AvgIpc) is 2.35. The minimum atomic E-state index is -0.0503. The zero-order chi connectivity index (χ0) is 11.8. The Balaban J connectivity index is 2.40. The van der Waals surface area contributed by atoms with Crippen LogP contribution in [0.25, 0.3) is 0 Å². The molecule has 88 valence electrons. The molecule has 1 aromatic rings. The maximum absolute atomic E-state index is 11.7. The highest BCUT2D eigenvalue weighted by Crippen LogP contribution is 2.07. The van der Waals surface area contributed by atoms with Crippen LogP contribution in [0.15, 0.2) is 24.5 Å². The molecule has 0 aliphatic heterocycles. The van der Waals surface area contributed by atoms with E-state index < -0.39 is 0 Å². The third-order valence-electron chi connectivity index (χ3n) is 2.59. The maximum atomic E-state index is 11.7. The number of amides is 1. The molecule has 0 aromatic carbocycles. The largest absolute Gasteiger partial charge is 0.352 e. The van der Waals surface area contributed by atoms with E-state index in [9.17, 15) is 4.79 Å². The number of thiol groups is 1. The lowest BCUT2D eigenvalue weighted by Crippen LogP contribution is -2.29. The van der Waals surface area contributed by atoms with E-state index in [4.69, 9.17) is 0 Å². The fourth-order valence-electron chi connectivity index (χ4n) is 1.47. The lowest BCUT2D eigenvalue weighted by molar-refractivity contribution is 0.0946. The molecule has 3 nitrogen and oxygen atoms in total. The molecular formula is C12H18N2OS. The fraction of sp³-hybridized carbons (Fsp3) is 0.500. The van der Waals surface area contributed by atoms with Crippen molar-refractivity contribution in [1.29, 1.82) is 0 Å². The molecule has 1 heterocycles. The molecule has 1 unspecified atom stereocenters. The summed E-state index contributed by atoms with van der Waals surface area (Å²) in [6, 6.07) is 3.53. The highest BCUT2D eigenvalue weighted by Gasteiger charge is 2.09. The van der Waals surface area contributed by atoms with Crippen molar-refractivity contribution in [3.63, 3.8) is 0 Å². The molecule has 1 atom stereocenters. The third kappa shape index (κ3) is 4.23. The number of nitrogens with zero attached hydrogens (tertiary/aromatic N) is 1. The van der Waals surface area contributed by atoms with Gasteiger partial charge >= 0.3 is 0 Å². The Morgan fingerprint density at radius 3 is 3.00 bits per heavy atom. The minimum Gasteiger partial charge on any atom is -0.352 e. The van der Waals surface area contributed by atoms with Crippen molar-refractivity contribution < 1.29 is 4.79 Å². The topological polar surface area (TPSA) is 42.0 Å². The predicted octanol–water partition coefficient (Wildman–Crippen LogP) is 2.16. The van der Waals surface area contributed by atoms with Gasteiger partial charge in [-0.2, -0.15) is 12.6 Å². The standard InChI is InChI=1S/C12H18N2OS/c1-2-10(5-7-16)8-14-12(15)11-4-3-6-13-9-11/h3-4,6,9-10,16H,2,5,7-8H2,1H3,(H,14,15). The van der Waals surface area contributed by atoms with E-state index in [1.54, 1.807) is 24.5 Å². The lowest BCUT2D eigenvalue weighted by Gasteiger charge is -2.14. The minimum absolute atomic E-state index is 0.0503. The Morgan fingerprint density at radius 1 is 1.62 bits per heavy atom. The van der Waals surface area contributed by atoms with E-state index in [1.807, 2.05) is 0 Å². The number of hydrogen-bond acceptors (Lipinski definition) is 3. The van der Waals surface area contributed by atoms with Gasteiger partial charge in [0.1, 0.15) is 0 Å². The van der Waals surface area contributed by atoms with Crippen molar-refractivity contribution in [2.75, 3.05) is 12.3 Å². The van der Waals surface area contributed by atoms with Crippen molar-refractivity contribution in [2.24, 2.45) is 5.92 Å². The molecule has 0 bridgehead atoms. The van der Waals surface area contributed by atoms with Crippen molar-refractivity contribution in [3.8, 4) is 0 Å². The van der Waals surface area contributed by atoms with E-state index in [0.717, 1.165) is 18.6 Å². The van der Waals surface area contributed by atoms with Crippen LogP contribution in [-0.4, -0.2) is 23.2 Å². The normalized spacial score (nSPS) is 12.1. The van der Waals surface area contributed by atoms with Crippen LogP contribution in [0.5, 0.6) is 0 Å². The first-order valence-corrected chi connectivity index (χ1v) is 6.20. The number of carbonyl (C=O) groups excluding carboxylic acids is 1. The SMILES string of the molecule is CCC(CCS)CNC(=O)c1cccnc1. The molecule has 0 radical (unpaired) electrons. The molecular weight excluding hydrogens is 220 g/mol. The van der Waals surface area contributed by atoms with E-state index in [2.05, 4.69) is 29.9 Å². The van der Waals surface area contributed by atoms with Crippen LogP contribution in [0.2, 0.25) is 0 Å². The molecule has 0 fully saturated rings. The van der Waals surface area contributed by atoms with Gasteiger partial charge in [-0.25, -0.2) is 0 Å². The van der Waals surface area contributed by atoms with Gasteiger partial charge in [0.25, 0.3) is 5.91 Å². The first kappa shape index (κ1) is 13.0. The van der Waals surface area contributed by atoms with Gasteiger partial charge in [-0.15, -0.1) is 0 Å². The molecule has 1 rings (SSSR count). The van der Waals surface area contributed by atoms with Crippen LogP contribution in [0.4, 0.5) is 0 Å². The molecule has 1 aromatic heterocycles. The van der Waals surface area contributed by atoms with E-state index in [1.165, 1.54) is 0 Å². The summed E-state index contributed by atoms with van der Waals surface area (Å²) in [5, 5.41) is 2.92. The summed E-state index contributed by atoms with van der Waals surface area (Å²) in [6.07, 6.45) is 5.34. The molecule has 16 heavy (non-hydrogen) atoms. The van der Waals surface area contributed by atoms with Crippen molar-refractivity contribution in [1.82, 2.24) is 10.3 Å². The quantitative estimate of drug-likeness (QED) is 0.746. The zero-order valence-corrected chi connectivity index (χ0v) is 10.4. The predicted molar refractivity (Wildman–Crippen MR) is 68.8 cm³/mol. The molecule has 1 amide bonds. The summed E-state index contributed by atoms with van der Waals surface area (Å²) in [7, 11) is 0. The van der Waals surface area contributed by atoms with Crippen molar-refractivity contribution in [2.45, 2.75) is 19.8 Å². The highest BCUT2D eigenvalue weighted by atomic mass is 32.1. The van der Waals surface area contributed by atoms with Crippen molar-refractivity contribution in [3.05, 3.63) is 30.1 Å². The zero-order valence-electron chi connectivity index (χ0n) is 9.52. The van der Waals surface area contributed by atoms with Crippen LogP contribution >= 0.6 is 12.6 Å². The van der Waals surface area contributed by atoms with Crippen molar-refractivity contribution >= 4 is 18.5 Å². The van der Waals surface area contributed by atoms with Crippen LogP contribution in [-0.2, 0) is 0 Å². The number of pyridine rings is 1. The van der Waals surface area contributed by atoms with E-state index in [-0.39, 0.29) is 5.91 Å². The van der Waals surface area contributed by atoms with Gasteiger partial charge in [-0.1, -0.05) is 13.3 Å².